The quantitative estimate of drug-likeness (QED) is 0.901. The van der Waals surface area contributed by atoms with Crippen LogP contribution in [0.15, 0.2) is 22.7 Å². The van der Waals surface area contributed by atoms with Crippen molar-refractivity contribution in [3.05, 3.63) is 28.5 Å². The normalized spacial score (nSPS) is 23.1. The second-order valence-corrected chi connectivity index (χ2v) is 5.56. The van der Waals surface area contributed by atoms with Crippen molar-refractivity contribution in [3.8, 4) is 0 Å². The molecule has 0 aromatic heterocycles. The topological polar surface area (TPSA) is 55.1 Å². The molecule has 1 aromatic rings. The van der Waals surface area contributed by atoms with Crippen LogP contribution in [0.4, 0.5) is 10.1 Å². The fraction of sp³-hybridized carbons (Fsp3) is 0.462. The standard InChI is InChI=1S/C13H16BrFN2O/c14-9-4-5-12(11(15)6-9)17-13(18)10-3-1-2-8(10)7-16/h4-6,8,10H,1-3,7,16H2,(H,17,18)/t8-,10-/m1/s1. The molecule has 3 N–H and O–H groups in total. The summed E-state index contributed by atoms with van der Waals surface area (Å²) in [5.74, 6) is -0.411. The van der Waals surface area contributed by atoms with E-state index in [1.165, 1.54) is 6.07 Å². The number of rotatable bonds is 3. The van der Waals surface area contributed by atoms with Gasteiger partial charge in [-0.15, -0.1) is 0 Å². The van der Waals surface area contributed by atoms with E-state index in [2.05, 4.69) is 21.2 Å². The maximum absolute atomic E-state index is 13.6. The summed E-state index contributed by atoms with van der Waals surface area (Å²) in [6.45, 7) is 0.515. The van der Waals surface area contributed by atoms with E-state index in [4.69, 9.17) is 5.73 Å². The first-order valence-electron chi connectivity index (χ1n) is 6.08. The molecule has 18 heavy (non-hydrogen) atoms. The van der Waals surface area contributed by atoms with E-state index < -0.39 is 5.82 Å². The Bertz CT molecular complexity index is 453. The van der Waals surface area contributed by atoms with Gasteiger partial charge in [0.05, 0.1) is 5.69 Å². The second kappa shape index (κ2) is 5.80. The third-order valence-corrected chi connectivity index (χ3v) is 3.98. The lowest BCUT2D eigenvalue weighted by atomic mass is 9.95. The van der Waals surface area contributed by atoms with Crippen LogP contribution in [0.3, 0.4) is 0 Å². The monoisotopic (exact) mass is 314 g/mol. The number of anilines is 1. The molecule has 2 rings (SSSR count). The fourth-order valence-electron chi connectivity index (χ4n) is 2.48. The molecule has 1 fully saturated rings. The molecule has 0 saturated heterocycles. The molecule has 0 unspecified atom stereocenters. The van der Waals surface area contributed by atoms with Crippen LogP contribution < -0.4 is 11.1 Å². The van der Waals surface area contributed by atoms with Crippen LogP contribution in [0.2, 0.25) is 0 Å². The molecule has 5 heteroatoms. The molecule has 1 amide bonds. The second-order valence-electron chi connectivity index (χ2n) is 4.65. The molecule has 0 bridgehead atoms. The van der Waals surface area contributed by atoms with Crippen LogP contribution in [0.5, 0.6) is 0 Å². The molecular weight excluding hydrogens is 299 g/mol. The largest absolute Gasteiger partial charge is 0.330 e. The zero-order valence-electron chi connectivity index (χ0n) is 9.96. The molecule has 1 aliphatic carbocycles. The number of benzene rings is 1. The Balaban J connectivity index is 2.07. The van der Waals surface area contributed by atoms with Crippen molar-refractivity contribution in [2.45, 2.75) is 19.3 Å². The molecule has 0 aliphatic heterocycles. The lowest BCUT2D eigenvalue weighted by Gasteiger charge is -2.17. The fourth-order valence-corrected chi connectivity index (χ4v) is 2.81. The smallest absolute Gasteiger partial charge is 0.227 e. The average Bonchev–Trinajstić information content (AvgIpc) is 2.81. The summed E-state index contributed by atoms with van der Waals surface area (Å²) in [7, 11) is 0. The Labute approximate surface area is 114 Å². The van der Waals surface area contributed by atoms with Crippen LogP contribution in [0.1, 0.15) is 19.3 Å². The number of nitrogens with one attached hydrogen (secondary N) is 1. The molecule has 3 nitrogen and oxygen atoms in total. The minimum atomic E-state index is -0.431. The molecule has 1 aliphatic rings. The van der Waals surface area contributed by atoms with Gasteiger partial charge in [-0.2, -0.15) is 0 Å². The number of halogens is 2. The summed E-state index contributed by atoms with van der Waals surface area (Å²) in [4.78, 5) is 12.1. The number of amides is 1. The van der Waals surface area contributed by atoms with Crippen molar-refractivity contribution in [1.29, 1.82) is 0 Å². The van der Waals surface area contributed by atoms with E-state index in [1.54, 1.807) is 12.1 Å². The highest BCUT2D eigenvalue weighted by Gasteiger charge is 2.32. The Kier molecular flexibility index (Phi) is 4.35. The third-order valence-electron chi connectivity index (χ3n) is 3.49. The van der Waals surface area contributed by atoms with Gasteiger partial charge in [0.2, 0.25) is 5.91 Å². The van der Waals surface area contributed by atoms with Gasteiger partial charge < -0.3 is 11.1 Å². The predicted molar refractivity (Wildman–Crippen MR) is 72.6 cm³/mol. The lowest BCUT2D eigenvalue weighted by Crippen LogP contribution is -2.30. The third kappa shape index (κ3) is 2.90. The molecule has 1 saturated carbocycles. The summed E-state index contributed by atoms with van der Waals surface area (Å²) >= 11 is 3.18. The van der Waals surface area contributed by atoms with Gasteiger partial charge in [0.15, 0.2) is 0 Å². The molecule has 0 heterocycles. The first kappa shape index (κ1) is 13.5. The van der Waals surface area contributed by atoms with Gasteiger partial charge in [0, 0.05) is 10.4 Å². The molecule has 2 atom stereocenters. The van der Waals surface area contributed by atoms with E-state index in [1.807, 2.05) is 0 Å². The number of hydrogen-bond acceptors (Lipinski definition) is 2. The van der Waals surface area contributed by atoms with Gasteiger partial charge in [-0.25, -0.2) is 4.39 Å². The predicted octanol–water partition coefficient (Wildman–Crippen LogP) is 2.90. The summed E-state index contributed by atoms with van der Waals surface area (Å²) < 4.78 is 14.3. The van der Waals surface area contributed by atoms with Crippen molar-refractivity contribution < 1.29 is 9.18 Å². The Morgan fingerprint density at radius 2 is 2.28 bits per heavy atom. The van der Waals surface area contributed by atoms with Gasteiger partial charge in [0.1, 0.15) is 5.82 Å². The highest BCUT2D eigenvalue weighted by atomic mass is 79.9. The van der Waals surface area contributed by atoms with Crippen LogP contribution >= 0.6 is 15.9 Å². The Morgan fingerprint density at radius 1 is 1.50 bits per heavy atom. The number of carbonyl (C=O) groups is 1. The van der Waals surface area contributed by atoms with E-state index in [0.717, 1.165) is 19.3 Å². The maximum Gasteiger partial charge on any atom is 0.227 e. The molecule has 0 spiro atoms. The van der Waals surface area contributed by atoms with Gasteiger partial charge in [0.25, 0.3) is 0 Å². The van der Waals surface area contributed by atoms with E-state index >= 15 is 0 Å². The van der Waals surface area contributed by atoms with Gasteiger partial charge >= 0.3 is 0 Å². The van der Waals surface area contributed by atoms with Gasteiger partial charge in [-0.1, -0.05) is 22.4 Å². The minimum absolute atomic E-state index is 0.0851. The summed E-state index contributed by atoms with van der Waals surface area (Å²) in [5, 5.41) is 2.65. The highest BCUT2D eigenvalue weighted by Crippen LogP contribution is 2.32. The average molecular weight is 315 g/mol. The number of hydrogen-bond donors (Lipinski definition) is 2. The first-order valence-corrected chi connectivity index (χ1v) is 6.87. The van der Waals surface area contributed by atoms with Crippen molar-refractivity contribution in [3.63, 3.8) is 0 Å². The zero-order valence-corrected chi connectivity index (χ0v) is 11.5. The van der Waals surface area contributed by atoms with Gasteiger partial charge in [-0.3, -0.25) is 4.79 Å². The summed E-state index contributed by atoms with van der Waals surface area (Å²) in [6, 6.07) is 4.60. The van der Waals surface area contributed by atoms with Crippen LogP contribution in [0.25, 0.3) is 0 Å². The van der Waals surface area contributed by atoms with Gasteiger partial charge in [-0.05, 0) is 43.5 Å². The Hall–Kier alpha value is -0.940. The van der Waals surface area contributed by atoms with Crippen LogP contribution in [-0.2, 0) is 4.79 Å². The minimum Gasteiger partial charge on any atom is -0.330 e. The molecule has 98 valence electrons. The zero-order chi connectivity index (χ0) is 13.1. The molecule has 0 radical (unpaired) electrons. The van der Waals surface area contributed by atoms with Crippen molar-refractivity contribution in [2.75, 3.05) is 11.9 Å². The van der Waals surface area contributed by atoms with Crippen molar-refractivity contribution in [2.24, 2.45) is 17.6 Å². The SMILES string of the molecule is NC[C@H]1CCC[C@H]1C(=O)Nc1ccc(Br)cc1F. The highest BCUT2D eigenvalue weighted by molar-refractivity contribution is 9.10. The number of nitrogens with two attached hydrogens (primary N) is 1. The number of carbonyl (C=O) groups excluding carboxylic acids is 1. The van der Waals surface area contributed by atoms with Crippen molar-refractivity contribution >= 4 is 27.5 Å². The molecular formula is C13H16BrFN2O. The summed E-state index contributed by atoms with van der Waals surface area (Å²) in [5.41, 5.74) is 5.87. The van der Waals surface area contributed by atoms with E-state index in [-0.39, 0.29) is 23.4 Å². The maximum atomic E-state index is 13.6. The lowest BCUT2D eigenvalue weighted by molar-refractivity contribution is -0.120. The Morgan fingerprint density at radius 3 is 2.94 bits per heavy atom. The van der Waals surface area contributed by atoms with Crippen molar-refractivity contribution in [1.82, 2.24) is 0 Å². The first-order chi connectivity index (χ1) is 8.61. The van der Waals surface area contributed by atoms with Crippen LogP contribution in [0, 0.1) is 17.7 Å². The van der Waals surface area contributed by atoms with E-state index in [0.29, 0.717) is 11.0 Å². The van der Waals surface area contributed by atoms with E-state index in [9.17, 15) is 9.18 Å². The molecule has 1 aromatic carbocycles. The summed E-state index contributed by atoms with van der Waals surface area (Å²) in [6.07, 6.45) is 2.84. The van der Waals surface area contributed by atoms with Crippen LogP contribution in [-0.4, -0.2) is 12.5 Å².